The highest BCUT2D eigenvalue weighted by Crippen LogP contribution is 2.37. The number of hydrogen-bond acceptors (Lipinski definition) is 1. The van der Waals surface area contributed by atoms with Crippen LogP contribution in [-0.4, -0.2) is 0 Å². The molecule has 0 unspecified atom stereocenters. The van der Waals surface area contributed by atoms with Crippen molar-refractivity contribution >= 4 is 0 Å². The van der Waals surface area contributed by atoms with Gasteiger partial charge in [-0.25, -0.2) is 8.78 Å². The second kappa shape index (κ2) is 4.13. The first-order chi connectivity index (χ1) is 7.53. The standard InChI is InChI=1S/C13H17F2N/c1-9-11(7-10(14)8-12(9)15)13(16)5-3-2-4-6-13/h7-8H,2-6,16H2,1H3. The molecule has 2 N–H and O–H groups in total. The van der Waals surface area contributed by atoms with Gasteiger partial charge in [0.1, 0.15) is 11.6 Å². The fourth-order valence-electron chi connectivity index (χ4n) is 2.61. The molecule has 1 saturated carbocycles. The van der Waals surface area contributed by atoms with Gasteiger partial charge < -0.3 is 5.73 Å². The average molecular weight is 225 g/mol. The van der Waals surface area contributed by atoms with E-state index in [2.05, 4.69) is 0 Å². The molecule has 1 aromatic rings. The molecule has 0 aliphatic heterocycles. The van der Waals surface area contributed by atoms with E-state index in [9.17, 15) is 8.78 Å². The highest BCUT2D eigenvalue weighted by molar-refractivity contribution is 5.34. The number of halogens is 2. The van der Waals surface area contributed by atoms with Gasteiger partial charge in [0.25, 0.3) is 0 Å². The molecule has 0 heterocycles. The maximum Gasteiger partial charge on any atom is 0.129 e. The predicted molar refractivity (Wildman–Crippen MR) is 60.0 cm³/mol. The van der Waals surface area contributed by atoms with Crippen molar-refractivity contribution in [2.75, 3.05) is 0 Å². The summed E-state index contributed by atoms with van der Waals surface area (Å²) < 4.78 is 26.7. The minimum atomic E-state index is -0.536. The minimum Gasteiger partial charge on any atom is -0.321 e. The summed E-state index contributed by atoms with van der Waals surface area (Å²) in [6.07, 6.45) is 4.87. The number of benzene rings is 1. The second-order valence-corrected chi connectivity index (χ2v) is 4.78. The van der Waals surface area contributed by atoms with Crippen LogP contribution in [0.25, 0.3) is 0 Å². The van der Waals surface area contributed by atoms with Crippen LogP contribution in [-0.2, 0) is 5.54 Å². The largest absolute Gasteiger partial charge is 0.321 e. The number of rotatable bonds is 1. The molecule has 2 rings (SSSR count). The minimum absolute atomic E-state index is 0.491. The van der Waals surface area contributed by atoms with Crippen LogP contribution in [0.5, 0.6) is 0 Å². The van der Waals surface area contributed by atoms with Crippen LogP contribution in [0.3, 0.4) is 0 Å². The van der Waals surface area contributed by atoms with Crippen molar-refractivity contribution in [2.45, 2.75) is 44.6 Å². The summed E-state index contributed by atoms with van der Waals surface area (Å²) in [5, 5.41) is 0. The van der Waals surface area contributed by atoms with E-state index in [0.717, 1.165) is 38.2 Å². The topological polar surface area (TPSA) is 26.0 Å². The maximum absolute atomic E-state index is 13.5. The number of nitrogens with two attached hydrogens (primary N) is 1. The third kappa shape index (κ3) is 1.96. The van der Waals surface area contributed by atoms with E-state index < -0.39 is 17.2 Å². The third-order valence-corrected chi connectivity index (χ3v) is 3.59. The van der Waals surface area contributed by atoms with E-state index in [0.29, 0.717) is 11.1 Å². The van der Waals surface area contributed by atoms with Crippen molar-refractivity contribution < 1.29 is 8.78 Å². The molecule has 88 valence electrons. The van der Waals surface area contributed by atoms with Gasteiger partial charge in [-0.2, -0.15) is 0 Å². The van der Waals surface area contributed by atoms with Crippen LogP contribution in [0.2, 0.25) is 0 Å². The third-order valence-electron chi connectivity index (χ3n) is 3.59. The van der Waals surface area contributed by atoms with E-state index >= 15 is 0 Å². The normalized spacial score (nSPS) is 19.8. The van der Waals surface area contributed by atoms with Crippen LogP contribution in [0, 0.1) is 18.6 Å². The van der Waals surface area contributed by atoms with Crippen molar-refractivity contribution in [3.63, 3.8) is 0 Å². The zero-order valence-electron chi connectivity index (χ0n) is 9.52. The summed E-state index contributed by atoms with van der Waals surface area (Å²) in [5.74, 6) is -1.03. The molecule has 1 aliphatic rings. The molecule has 1 nitrogen and oxygen atoms in total. The van der Waals surface area contributed by atoms with Gasteiger partial charge in [-0.1, -0.05) is 19.3 Å². The summed E-state index contributed by atoms with van der Waals surface area (Å²) in [6, 6.07) is 2.31. The van der Waals surface area contributed by atoms with Crippen LogP contribution >= 0.6 is 0 Å². The van der Waals surface area contributed by atoms with Crippen molar-refractivity contribution in [1.29, 1.82) is 0 Å². The van der Waals surface area contributed by atoms with E-state index in [1.807, 2.05) is 0 Å². The Hall–Kier alpha value is -0.960. The predicted octanol–water partition coefficient (Wildman–Crippen LogP) is 3.39. The Morgan fingerprint density at radius 2 is 1.75 bits per heavy atom. The van der Waals surface area contributed by atoms with E-state index in [1.54, 1.807) is 6.92 Å². The number of hydrogen-bond donors (Lipinski definition) is 1. The Kier molecular flexibility index (Phi) is 2.98. The zero-order valence-corrected chi connectivity index (χ0v) is 9.52. The first-order valence-corrected chi connectivity index (χ1v) is 5.78. The van der Waals surface area contributed by atoms with Crippen molar-refractivity contribution in [2.24, 2.45) is 5.73 Å². The Labute approximate surface area is 94.7 Å². The fraction of sp³-hybridized carbons (Fsp3) is 0.538. The summed E-state index contributed by atoms with van der Waals surface area (Å²) in [5.41, 5.74) is 6.88. The molecule has 0 aromatic heterocycles. The Bertz CT molecular complexity index is 395. The summed E-state index contributed by atoms with van der Waals surface area (Å²) in [4.78, 5) is 0. The lowest BCUT2D eigenvalue weighted by atomic mass is 9.76. The molecule has 0 saturated heterocycles. The van der Waals surface area contributed by atoms with Gasteiger partial charge in [0.15, 0.2) is 0 Å². The lowest BCUT2D eigenvalue weighted by molar-refractivity contribution is 0.298. The second-order valence-electron chi connectivity index (χ2n) is 4.78. The monoisotopic (exact) mass is 225 g/mol. The van der Waals surface area contributed by atoms with Gasteiger partial charge in [0.05, 0.1) is 0 Å². The van der Waals surface area contributed by atoms with Crippen molar-refractivity contribution in [1.82, 2.24) is 0 Å². The Morgan fingerprint density at radius 1 is 1.12 bits per heavy atom. The summed E-state index contributed by atoms with van der Waals surface area (Å²) >= 11 is 0. The van der Waals surface area contributed by atoms with Crippen LogP contribution < -0.4 is 5.73 Å². The molecule has 3 heteroatoms. The summed E-state index contributed by atoms with van der Waals surface area (Å²) in [7, 11) is 0. The quantitative estimate of drug-likeness (QED) is 0.779. The lowest BCUT2D eigenvalue weighted by Crippen LogP contribution is -2.39. The van der Waals surface area contributed by atoms with E-state index in [-0.39, 0.29) is 0 Å². The molecule has 0 radical (unpaired) electrons. The van der Waals surface area contributed by atoms with Gasteiger partial charge in [-0.3, -0.25) is 0 Å². The molecular weight excluding hydrogens is 208 g/mol. The Morgan fingerprint density at radius 3 is 2.38 bits per heavy atom. The molecule has 1 fully saturated rings. The van der Waals surface area contributed by atoms with Crippen LogP contribution in [0.4, 0.5) is 8.78 Å². The van der Waals surface area contributed by atoms with Gasteiger partial charge in [-0.05, 0) is 37.0 Å². The van der Waals surface area contributed by atoms with Crippen LogP contribution in [0.15, 0.2) is 12.1 Å². The Balaban J connectivity index is 2.45. The molecular formula is C13H17F2N. The first kappa shape index (κ1) is 11.5. The molecule has 0 amide bonds. The van der Waals surface area contributed by atoms with Gasteiger partial charge >= 0.3 is 0 Å². The molecule has 0 bridgehead atoms. The van der Waals surface area contributed by atoms with E-state index in [4.69, 9.17) is 5.73 Å². The van der Waals surface area contributed by atoms with E-state index in [1.165, 1.54) is 6.07 Å². The SMILES string of the molecule is Cc1c(F)cc(F)cc1C1(N)CCCCC1. The first-order valence-electron chi connectivity index (χ1n) is 5.78. The highest BCUT2D eigenvalue weighted by Gasteiger charge is 2.31. The van der Waals surface area contributed by atoms with Crippen molar-refractivity contribution in [3.05, 3.63) is 34.9 Å². The van der Waals surface area contributed by atoms with Crippen LogP contribution in [0.1, 0.15) is 43.2 Å². The van der Waals surface area contributed by atoms with Gasteiger partial charge in [0, 0.05) is 11.6 Å². The lowest BCUT2D eigenvalue weighted by Gasteiger charge is -2.35. The highest BCUT2D eigenvalue weighted by atomic mass is 19.1. The van der Waals surface area contributed by atoms with Gasteiger partial charge in [0.2, 0.25) is 0 Å². The zero-order chi connectivity index (χ0) is 11.8. The average Bonchev–Trinajstić information content (AvgIpc) is 2.24. The summed E-state index contributed by atoms with van der Waals surface area (Å²) in [6.45, 7) is 1.67. The van der Waals surface area contributed by atoms with Gasteiger partial charge in [-0.15, -0.1) is 0 Å². The molecule has 0 spiro atoms. The fourth-order valence-corrected chi connectivity index (χ4v) is 2.61. The molecule has 1 aromatic carbocycles. The smallest absolute Gasteiger partial charge is 0.129 e. The molecule has 0 atom stereocenters. The van der Waals surface area contributed by atoms with Crippen molar-refractivity contribution in [3.8, 4) is 0 Å². The molecule has 1 aliphatic carbocycles. The molecule has 16 heavy (non-hydrogen) atoms. The maximum atomic E-state index is 13.5.